The van der Waals surface area contributed by atoms with Crippen molar-refractivity contribution in [3.05, 3.63) is 6.92 Å². The minimum atomic E-state index is -4.30. The van der Waals surface area contributed by atoms with Gasteiger partial charge in [-0.1, -0.05) is 20.3 Å². The zero-order chi connectivity index (χ0) is 29.6. The number of hydrogen-bond acceptors (Lipinski definition) is 11. The number of carbonyl (C=O) groups is 3. The lowest BCUT2D eigenvalue weighted by Crippen LogP contribution is -2.44. The third-order valence-corrected chi connectivity index (χ3v) is 7.12. The average Bonchev–Trinajstić information content (AvgIpc) is 2.84. The van der Waals surface area contributed by atoms with E-state index in [0.717, 1.165) is 6.42 Å². The van der Waals surface area contributed by atoms with Gasteiger partial charge in [0.05, 0.1) is 43.0 Å². The van der Waals surface area contributed by atoms with Gasteiger partial charge in [-0.05, 0) is 53.4 Å². The summed E-state index contributed by atoms with van der Waals surface area (Å²) in [6.45, 7) is 11.6. The molecule has 0 aromatic heterocycles. The highest BCUT2D eigenvalue weighted by molar-refractivity contribution is 7.47. The van der Waals surface area contributed by atoms with Crippen LogP contribution in [0.15, 0.2) is 0 Å². The van der Waals surface area contributed by atoms with Crippen LogP contribution in [-0.2, 0) is 42.2 Å². The van der Waals surface area contributed by atoms with E-state index < -0.39 is 67.9 Å². The summed E-state index contributed by atoms with van der Waals surface area (Å²) in [6.07, 6.45) is 0.428. The normalized spacial score (nSPS) is 17.4. The highest BCUT2D eigenvalue weighted by atomic mass is 31.2. The van der Waals surface area contributed by atoms with Crippen LogP contribution in [0, 0.1) is 23.2 Å². The zero-order valence-electron chi connectivity index (χ0n) is 23.5. The van der Waals surface area contributed by atoms with E-state index in [-0.39, 0.29) is 39.1 Å². The smallest absolute Gasteiger partial charge is 0.465 e. The number of phosphoric ester groups is 1. The SMILES string of the molecule is [CH2+]COP(=O)(O)OCCOC(=O)C(C)(CC)CC(C)(CC(C)(C)C(=O)OCC(O)CO)C(=O)OCCCC. The molecule has 0 aliphatic heterocycles. The minimum Gasteiger partial charge on any atom is -0.465 e. The summed E-state index contributed by atoms with van der Waals surface area (Å²) in [5, 5.41) is 18.5. The molecule has 0 spiro atoms. The van der Waals surface area contributed by atoms with Crippen LogP contribution >= 0.6 is 7.82 Å². The summed E-state index contributed by atoms with van der Waals surface area (Å²) in [4.78, 5) is 48.6. The van der Waals surface area contributed by atoms with Gasteiger partial charge in [-0.25, -0.2) is 9.09 Å². The first-order chi connectivity index (χ1) is 17.5. The summed E-state index contributed by atoms with van der Waals surface area (Å²) in [6, 6.07) is 0. The van der Waals surface area contributed by atoms with Gasteiger partial charge in [0, 0.05) is 0 Å². The third-order valence-electron chi connectivity index (χ3n) is 6.10. The van der Waals surface area contributed by atoms with Gasteiger partial charge in [-0.2, -0.15) is 0 Å². The molecule has 4 unspecified atom stereocenters. The lowest BCUT2D eigenvalue weighted by Gasteiger charge is -2.39. The number of aliphatic hydroxyl groups is 2. The molecule has 4 atom stereocenters. The lowest BCUT2D eigenvalue weighted by atomic mass is 9.65. The maximum Gasteiger partial charge on any atom is 0.475 e. The molecule has 0 radical (unpaired) electrons. The molecular formula is C25H46O12P+. The number of hydrogen-bond donors (Lipinski definition) is 3. The van der Waals surface area contributed by atoms with Gasteiger partial charge >= 0.3 is 25.7 Å². The molecule has 0 aliphatic carbocycles. The fraction of sp³-hybridized carbons (Fsp3) is 0.840. The van der Waals surface area contributed by atoms with Crippen molar-refractivity contribution < 1.29 is 57.3 Å². The molecule has 12 nitrogen and oxygen atoms in total. The van der Waals surface area contributed by atoms with Crippen molar-refractivity contribution in [1.29, 1.82) is 0 Å². The van der Waals surface area contributed by atoms with Gasteiger partial charge in [-0.3, -0.25) is 18.9 Å². The van der Waals surface area contributed by atoms with E-state index >= 15 is 0 Å². The van der Waals surface area contributed by atoms with Crippen molar-refractivity contribution in [2.75, 3.05) is 39.6 Å². The standard InChI is InChI=1S/C25H45O12P/c1-8-11-12-33-22(30)25(7,17-23(4,5)20(28)35-16-19(27)15-26)18-24(6,9-2)21(29)34-13-14-37-38(31,32)36-10-3/h19,26-27H,3,8-18H2,1-2,4-7H3/p+1. The summed E-state index contributed by atoms with van der Waals surface area (Å²) >= 11 is 0. The van der Waals surface area contributed by atoms with Crippen molar-refractivity contribution in [2.24, 2.45) is 16.2 Å². The third kappa shape index (κ3) is 12.4. The van der Waals surface area contributed by atoms with Crippen LogP contribution in [0.3, 0.4) is 0 Å². The Morgan fingerprint density at radius 2 is 1.45 bits per heavy atom. The molecule has 0 heterocycles. The van der Waals surface area contributed by atoms with E-state index in [1.54, 1.807) is 34.6 Å². The monoisotopic (exact) mass is 569 g/mol. The summed E-state index contributed by atoms with van der Waals surface area (Å²) < 4.78 is 36.7. The predicted octanol–water partition coefficient (Wildman–Crippen LogP) is 2.97. The van der Waals surface area contributed by atoms with Crippen LogP contribution < -0.4 is 0 Å². The van der Waals surface area contributed by atoms with E-state index in [9.17, 15) is 28.9 Å². The maximum atomic E-state index is 13.3. The van der Waals surface area contributed by atoms with Crippen LogP contribution in [0.25, 0.3) is 0 Å². The van der Waals surface area contributed by atoms with E-state index in [1.807, 2.05) is 6.92 Å². The van der Waals surface area contributed by atoms with Gasteiger partial charge in [0.1, 0.15) is 19.3 Å². The molecule has 0 saturated carbocycles. The fourth-order valence-corrected chi connectivity index (χ4v) is 4.58. The molecule has 0 aromatic carbocycles. The number of unbranched alkanes of at least 4 members (excludes halogenated alkanes) is 1. The second-order valence-corrected chi connectivity index (χ2v) is 11.9. The van der Waals surface area contributed by atoms with E-state index in [0.29, 0.717) is 6.42 Å². The van der Waals surface area contributed by atoms with E-state index in [1.165, 1.54) is 0 Å². The number of esters is 3. The van der Waals surface area contributed by atoms with Crippen LogP contribution in [-0.4, -0.2) is 78.8 Å². The molecule has 0 aliphatic rings. The van der Waals surface area contributed by atoms with Gasteiger partial charge < -0.3 is 29.3 Å². The number of ether oxygens (including phenoxy) is 3. The Kier molecular flexibility index (Phi) is 15.7. The molecule has 0 fully saturated rings. The molecule has 13 heteroatoms. The Balaban J connectivity index is 5.71. The van der Waals surface area contributed by atoms with E-state index in [2.05, 4.69) is 11.4 Å². The summed E-state index contributed by atoms with van der Waals surface area (Å²) in [5.74, 6) is -1.92. The summed E-state index contributed by atoms with van der Waals surface area (Å²) in [7, 11) is -4.30. The first-order valence-corrected chi connectivity index (χ1v) is 14.2. The first-order valence-electron chi connectivity index (χ1n) is 12.7. The van der Waals surface area contributed by atoms with Crippen molar-refractivity contribution in [2.45, 2.75) is 79.8 Å². The Hall–Kier alpha value is -1.69. The second kappa shape index (κ2) is 16.4. The van der Waals surface area contributed by atoms with Crippen molar-refractivity contribution in [3.8, 4) is 0 Å². The lowest BCUT2D eigenvalue weighted by molar-refractivity contribution is -0.170. The van der Waals surface area contributed by atoms with Crippen LogP contribution in [0.2, 0.25) is 0 Å². The maximum absolute atomic E-state index is 13.3. The number of aliphatic hydroxyl groups excluding tert-OH is 2. The van der Waals surface area contributed by atoms with Gasteiger partial charge in [0.25, 0.3) is 0 Å². The average molecular weight is 570 g/mol. The number of carbonyl (C=O) groups excluding carboxylic acids is 3. The second-order valence-electron chi connectivity index (χ2n) is 10.4. The molecule has 3 N–H and O–H groups in total. The molecule has 38 heavy (non-hydrogen) atoms. The van der Waals surface area contributed by atoms with Crippen LogP contribution in [0.5, 0.6) is 0 Å². The molecule has 0 rings (SSSR count). The number of phosphoric acid groups is 1. The summed E-state index contributed by atoms with van der Waals surface area (Å²) in [5.41, 5.74) is -3.70. The van der Waals surface area contributed by atoms with Gasteiger partial charge in [-0.15, -0.1) is 0 Å². The van der Waals surface area contributed by atoms with Gasteiger partial charge in [0.15, 0.2) is 6.61 Å². The van der Waals surface area contributed by atoms with Crippen LogP contribution in [0.4, 0.5) is 0 Å². The minimum absolute atomic E-state index is 0.0275. The first kappa shape index (κ1) is 36.3. The Labute approximate surface area is 225 Å². The Morgan fingerprint density at radius 1 is 0.868 bits per heavy atom. The number of rotatable bonds is 20. The van der Waals surface area contributed by atoms with Gasteiger partial charge in [0.2, 0.25) is 0 Å². The topological polar surface area (TPSA) is 175 Å². The largest absolute Gasteiger partial charge is 0.475 e. The molecule has 0 amide bonds. The molecule has 0 aromatic rings. The molecule has 0 saturated heterocycles. The van der Waals surface area contributed by atoms with Crippen molar-refractivity contribution in [3.63, 3.8) is 0 Å². The zero-order valence-corrected chi connectivity index (χ0v) is 24.4. The Morgan fingerprint density at radius 3 is 1.97 bits per heavy atom. The van der Waals surface area contributed by atoms with Crippen molar-refractivity contribution >= 4 is 25.7 Å². The predicted molar refractivity (Wildman–Crippen MR) is 137 cm³/mol. The van der Waals surface area contributed by atoms with E-state index in [4.69, 9.17) is 23.8 Å². The highest BCUT2D eigenvalue weighted by Crippen LogP contribution is 2.46. The Bertz CT molecular complexity index is 801. The molecular weight excluding hydrogens is 523 g/mol. The van der Waals surface area contributed by atoms with Crippen LogP contribution in [0.1, 0.15) is 73.6 Å². The fourth-order valence-electron chi connectivity index (χ4n) is 3.97. The van der Waals surface area contributed by atoms with Crippen molar-refractivity contribution in [1.82, 2.24) is 0 Å². The quantitative estimate of drug-likeness (QED) is 0.0643. The molecule has 0 bridgehead atoms. The molecule has 222 valence electrons. The highest BCUT2D eigenvalue weighted by Gasteiger charge is 2.50.